The van der Waals surface area contributed by atoms with Crippen molar-refractivity contribution in [3.63, 3.8) is 0 Å². The third kappa shape index (κ3) is 3.68. The van der Waals surface area contributed by atoms with Crippen molar-refractivity contribution in [3.05, 3.63) is 74.9 Å². The lowest BCUT2D eigenvalue weighted by atomic mass is 10.1. The van der Waals surface area contributed by atoms with Crippen LogP contribution in [0.15, 0.2) is 57.5 Å². The Kier molecular flexibility index (Phi) is 5.02. The highest BCUT2D eigenvalue weighted by Crippen LogP contribution is 2.26. The number of carbonyl (C=O) groups is 1. The van der Waals surface area contributed by atoms with Gasteiger partial charge in [0.25, 0.3) is 5.91 Å². The highest BCUT2D eigenvalue weighted by molar-refractivity contribution is 9.10. The van der Waals surface area contributed by atoms with E-state index in [4.69, 9.17) is 16.1 Å². The molecule has 0 radical (unpaired) electrons. The molecule has 0 spiro atoms. The monoisotopic (exact) mass is 404 g/mol. The van der Waals surface area contributed by atoms with E-state index < -0.39 is 0 Å². The van der Waals surface area contributed by atoms with Gasteiger partial charge in [-0.05, 0) is 36.8 Å². The average Bonchev–Trinajstić information content (AvgIpc) is 2.95. The number of rotatable bonds is 4. The number of nitrogens with one attached hydrogen (secondary N) is 1. The summed E-state index contributed by atoms with van der Waals surface area (Å²) >= 11 is 9.35. The van der Waals surface area contributed by atoms with E-state index in [1.807, 2.05) is 42.5 Å². The minimum Gasteiger partial charge on any atom is -0.360 e. The second-order valence-electron chi connectivity index (χ2n) is 5.28. The van der Waals surface area contributed by atoms with Crippen molar-refractivity contribution in [1.82, 2.24) is 10.5 Å². The van der Waals surface area contributed by atoms with E-state index in [2.05, 4.69) is 26.4 Å². The summed E-state index contributed by atoms with van der Waals surface area (Å²) in [5.74, 6) is 0.253. The van der Waals surface area contributed by atoms with Crippen molar-refractivity contribution in [2.75, 3.05) is 0 Å². The Balaban J connectivity index is 1.82. The van der Waals surface area contributed by atoms with E-state index in [-0.39, 0.29) is 5.91 Å². The normalized spacial score (nSPS) is 10.6. The summed E-state index contributed by atoms with van der Waals surface area (Å²) in [5, 5.41) is 7.56. The van der Waals surface area contributed by atoms with Crippen LogP contribution in [0.5, 0.6) is 0 Å². The van der Waals surface area contributed by atoms with Crippen LogP contribution in [0.3, 0.4) is 0 Å². The zero-order chi connectivity index (χ0) is 17.1. The van der Waals surface area contributed by atoms with Crippen LogP contribution < -0.4 is 5.32 Å². The highest BCUT2D eigenvalue weighted by atomic mass is 79.9. The fourth-order valence-corrected chi connectivity index (χ4v) is 2.84. The van der Waals surface area contributed by atoms with Gasteiger partial charge in [-0.1, -0.05) is 57.0 Å². The fraction of sp³-hybridized carbons (Fsp3) is 0.111. The minimum absolute atomic E-state index is 0.230. The number of nitrogens with zero attached hydrogens (tertiary/aromatic N) is 1. The smallest absolute Gasteiger partial charge is 0.257 e. The summed E-state index contributed by atoms with van der Waals surface area (Å²) < 4.78 is 6.19. The Morgan fingerprint density at radius 3 is 2.71 bits per heavy atom. The molecule has 24 heavy (non-hydrogen) atoms. The van der Waals surface area contributed by atoms with Gasteiger partial charge in [0.05, 0.1) is 0 Å². The van der Waals surface area contributed by atoms with Crippen LogP contribution in [-0.4, -0.2) is 11.1 Å². The largest absolute Gasteiger partial charge is 0.360 e. The standard InChI is InChI=1S/C18H14BrClN2O2/c1-11-16(17(22-24-11)13-5-7-14(19)8-6-13)18(23)21-10-12-3-2-4-15(20)9-12/h2-9H,10H2,1H3,(H,21,23). The molecular weight excluding hydrogens is 392 g/mol. The molecule has 3 aromatic rings. The lowest BCUT2D eigenvalue weighted by Crippen LogP contribution is -2.23. The Morgan fingerprint density at radius 1 is 1.25 bits per heavy atom. The predicted octanol–water partition coefficient (Wildman–Crippen LogP) is 5.00. The van der Waals surface area contributed by atoms with Gasteiger partial charge in [-0.2, -0.15) is 0 Å². The Bertz CT molecular complexity index is 875. The summed E-state index contributed by atoms with van der Waals surface area (Å²) in [5.41, 5.74) is 2.72. The number of aryl methyl sites for hydroxylation is 1. The molecule has 1 N–H and O–H groups in total. The minimum atomic E-state index is -0.230. The summed E-state index contributed by atoms with van der Waals surface area (Å²) in [7, 11) is 0. The first-order valence-corrected chi connectivity index (χ1v) is 8.46. The quantitative estimate of drug-likeness (QED) is 0.665. The molecular formula is C18H14BrClN2O2. The molecule has 1 aromatic heterocycles. The van der Waals surface area contributed by atoms with Gasteiger partial charge in [0, 0.05) is 21.6 Å². The van der Waals surface area contributed by atoms with Gasteiger partial charge in [0.1, 0.15) is 17.0 Å². The third-order valence-corrected chi connectivity index (χ3v) is 4.31. The second-order valence-corrected chi connectivity index (χ2v) is 6.63. The molecule has 0 saturated heterocycles. The van der Waals surface area contributed by atoms with E-state index in [1.165, 1.54) is 0 Å². The molecule has 0 aliphatic heterocycles. The predicted molar refractivity (Wildman–Crippen MR) is 97.0 cm³/mol. The van der Waals surface area contributed by atoms with Crippen molar-refractivity contribution in [2.45, 2.75) is 13.5 Å². The van der Waals surface area contributed by atoms with E-state index in [0.29, 0.717) is 28.6 Å². The number of hydrogen-bond acceptors (Lipinski definition) is 3. The molecule has 0 fully saturated rings. The van der Waals surface area contributed by atoms with Crippen molar-refractivity contribution in [3.8, 4) is 11.3 Å². The number of halogens is 2. The molecule has 0 atom stereocenters. The van der Waals surface area contributed by atoms with Crippen LogP contribution in [0.4, 0.5) is 0 Å². The summed E-state index contributed by atoms with van der Waals surface area (Å²) in [6.45, 7) is 2.10. The number of aromatic nitrogens is 1. The number of carbonyl (C=O) groups excluding carboxylic acids is 1. The van der Waals surface area contributed by atoms with Gasteiger partial charge < -0.3 is 9.84 Å². The van der Waals surface area contributed by atoms with Gasteiger partial charge in [0.2, 0.25) is 0 Å². The van der Waals surface area contributed by atoms with Crippen LogP contribution in [0, 0.1) is 6.92 Å². The van der Waals surface area contributed by atoms with Crippen molar-refractivity contribution in [1.29, 1.82) is 0 Å². The molecule has 4 nitrogen and oxygen atoms in total. The topological polar surface area (TPSA) is 55.1 Å². The number of benzene rings is 2. The Hall–Kier alpha value is -2.11. The van der Waals surface area contributed by atoms with Gasteiger partial charge in [0.15, 0.2) is 0 Å². The van der Waals surface area contributed by atoms with Crippen LogP contribution >= 0.6 is 27.5 Å². The summed E-state index contributed by atoms with van der Waals surface area (Å²) in [6, 6.07) is 14.9. The molecule has 6 heteroatoms. The van der Waals surface area contributed by atoms with Gasteiger partial charge in [-0.15, -0.1) is 0 Å². The number of amides is 1. The Labute approximate surface area is 152 Å². The zero-order valence-electron chi connectivity index (χ0n) is 12.8. The molecule has 0 aliphatic carbocycles. The molecule has 2 aromatic carbocycles. The summed E-state index contributed by atoms with van der Waals surface area (Å²) in [4.78, 5) is 12.6. The molecule has 1 amide bonds. The van der Waals surface area contributed by atoms with E-state index in [9.17, 15) is 4.79 Å². The van der Waals surface area contributed by atoms with Crippen LogP contribution in [0.2, 0.25) is 5.02 Å². The van der Waals surface area contributed by atoms with E-state index in [1.54, 1.807) is 13.0 Å². The molecule has 1 heterocycles. The first-order valence-electron chi connectivity index (χ1n) is 7.29. The van der Waals surface area contributed by atoms with Crippen LogP contribution in [0.25, 0.3) is 11.3 Å². The fourth-order valence-electron chi connectivity index (χ4n) is 2.36. The maximum Gasteiger partial charge on any atom is 0.257 e. The first kappa shape index (κ1) is 16.7. The first-order chi connectivity index (χ1) is 11.5. The van der Waals surface area contributed by atoms with Gasteiger partial charge >= 0.3 is 0 Å². The summed E-state index contributed by atoms with van der Waals surface area (Å²) in [6.07, 6.45) is 0. The molecule has 0 saturated carbocycles. The van der Waals surface area contributed by atoms with Crippen LogP contribution in [-0.2, 0) is 6.54 Å². The molecule has 0 unspecified atom stereocenters. The molecule has 0 bridgehead atoms. The molecule has 122 valence electrons. The lowest BCUT2D eigenvalue weighted by Gasteiger charge is -2.06. The molecule has 0 aliphatic rings. The average molecular weight is 406 g/mol. The maximum absolute atomic E-state index is 12.6. The van der Waals surface area contributed by atoms with Gasteiger partial charge in [-0.25, -0.2) is 0 Å². The van der Waals surface area contributed by atoms with Gasteiger partial charge in [-0.3, -0.25) is 4.79 Å². The second kappa shape index (κ2) is 7.20. The van der Waals surface area contributed by atoms with Crippen molar-refractivity contribution >= 4 is 33.4 Å². The highest BCUT2D eigenvalue weighted by Gasteiger charge is 2.21. The number of hydrogen-bond donors (Lipinski definition) is 1. The van der Waals surface area contributed by atoms with Crippen molar-refractivity contribution in [2.24, 2.45) is 0 Å². The third-order valence-electron chi connectivity index (χ3n) is 3.55. The van der Waals surface area contributed by atoms with E-state index in [0.717, 1.165) is 15.6 Å². The molecule has 3 rings (SSSR count). The van der Waals surface area contributed by atoms with Crippen molar-refractivity contribution < 1.29 is 9.32 Å². The SMILES string of the molecule is Cc1onc(-c2ccc(Br)cc2)c1C(=O)NCc1cccc(Cl)c1. The Morgan fingerprint density at radius 2 is 2.00 bits per heavy atom. The zero-order valence-corrected chi connectivity index (χ0v) is 15.2. The van der Waals surface area contributed by atoms with Crippen LogP contribution in [0.1, 0.15) is 21.7 Å². The van der Waals surface area contributed by atoms with E-state index >= 15 is 0 Å². The maximum atomic E-state index is 12.6. The lowest BCUT2D eigenvalue weighted by molar-refractivity contribution is 0.0950.